The molecule has 0 bridgehead atoms. The Morgan fingerprint density at radius 2 is 1.45 bits per heavy atom. The largest absolute Gasteiger partial charge is 0.416 e. The van der Waals surface area contributed by atoms with E-state index in [2.05, 4.69) is 0 Å². The van der Waals surface area contributed by atoms with Gasteiger partial charge < -0.3 is 4.90 Å². The van der Waals surface area contributed by atoms with Gasteiger partial charge in [0.1, 0.15) is 0 Å². The van der Waals surface area contributed by atoms with Crippen molar-refractivity contribution in [3.63, 3.8) is 0 Å². The van der Waals surface area contributed by atoms with Crippen LogP contribution in [0, 0.1) is 5.92 Å². The summed E-state index contributed by atoms with van der Waals surface area (Å²) in [4.78, 5) is 40.4. The van der Waals surface area contributed by atoms with Crippen LogP contribution < -0.4 is 0 Å². The summed E-state index contributed by atoms with van der Waals surface area (Å²) in [6, 6.07) is 11.0. The van der Waals surface area contributed by atoms with Crippen molar-refractivity contribution < 1.29 is 27.6 Å². The summed E-state index contributed by atoms with van der Waals surface area (Å²) in [7, 11) is 0. The minimum atomic E-state index is -4.43. The number of carbonyl (C=O) groups excluding carboxylic acids is 3. The van der Waals surface area contributed by atoms with E-state index in [1.54, 1.807) is 29.2 Å². The summed E-state index contributed by atoms with van der Waals surface area (Å²) < 4.78 is 38.1. The number of piperidine rings is 1. The highest BCUT2D eigenvalue weighted by atomic mass is 19.4. The van der Waals surface area contributed by atoms with Gasteiger partial charge in [-0.15, -0.1) is 0 Å². The Hall–Kier alpha value is -3.16. The van der Waals surface area contributed by atoms with Gasteiger partial charge in [-0.3, -0.25) is 19.3 Å². The lowest BCUT2D eigenvalue weighted by Crippen LogP contribution is -2.39. The SMILES string of the molecule is O=C(c1ccc(C(F)(F)F)cc1)N1CCC(CCN2C(=O)c3ccccc3C2=O)CC1. The molecule has 0 saturated carbocycles. The maximum absolute atomic E-state index is 12.7. The molecule has 31 heavy (non-hydrogen) atoms. The fourth-order valence-corrected chi connectivity index (χ4v) is 4.16. The Bertz CT molecular complexity index is 974. The molecule has 0 N–H and O–H groups in total. The molecule has 2 heterocycles. The second kappa shape index (κ2) is 8.17. The predicted octanol–water partition coefficient (Wildman–Crippen LogP) is 4.24. The van der Waals surface area contributed by atoms with Gasteiger partial charge in [0.2, 0.25) is 0 Å². The zero-order valence-electron chi connectivity index (χ0n) is 16.7. The van der Waals surface area contributed by atoms with Gasteiger partial charge in [-0.05, 0) is 61.6 Å². The summed E-state index contributed by atoms with van der Waals surface area (Å²) in [5.41, 5.74) is 0.322. The quantitative estimate of drug-likeness (QED) is 0.682. The number of carbonyl (C=O) groups is 3. The van der Waals surface area contributed by atoms with Crippen LogP contribution in [-0.2, 0) is 6.18 Å². The van der Waals surface area contributed by atoms with Crippen molar-refractivity contribution in [2.24, 2.45) is 5.92 Å². The van der Waals surface area contributed by atoms with Gasteiger partial charge in [0.05, 0.1) is 16.7 Å². The highest BCUT2D eigenvalue weighted by Crippen LogP contribution is 2.30. The first-order valence-corrected chi connectivity index (χ1v) is 10.2. The molecular formula is C23H21F3N2O3. The van der Waals surface area contributed by atoms with Crippen LogP contribution in [0.15, 0.2) is 48.5 Å². The lowest BCUT2D eigenvalue weighted by atomic mass is 9.93. The molecule has 2 aromatic rings. The molecule has 3 amide bonds. The number of halogens is 3. The predicted molar refractivity (Wildman–Crippen MR) is 106 cm³/mol. The molecule has 2 aliphatic rings. The van der Waals surface area contributed by atoms with Crippen LogP contribution in [0.2, 0.25) is 0 Å². The van der Waals surface area contributed by atoms with E-state index < -0.39 is 11.7 Å². The number of rotatable bonds is 4. The van der Waals surface area contributed by atoms with Crippen molar-refractivity contribution in [3.8, 4) is 0 Å². The third kappa shape index (κ3) is 4.19. The van der Waals surface area contributed by atoms with E-state index in [4.69, 9.17) is 0 Å². The number of fused-ring (bicyclic) bond motifs is 1. The lowest BCUT2D eigenvalue weighted by molar-refractivity contribution is -0.137. The normalized spacial score (nSPS) is 17.3. The highest BCUT2D eigenvalue weighted by Gasteiger charge is 2.35. The van der Waals surface area contributed by atoms with Crippen LogP contribution in [0.3, 0.4) is 0 Å². The summed E-state index contributed by atoms with van der Waals surface area (Å²) in [5, 5.41) is 0. The summed E-state index contributed by atoms with van der Waals surface area (Å²) in [6.07, 6.45) is -2.34. The zero-order chi connectivity index (χ0) is 22.2. The number of nitrogens with zero attached hydrogens (tertiary/aromatic N) is 2. The number of amides is 3. The van der Waals surface area contributed by atoms with Gasteiger partial charge in [0, 0.05) is 25.2 Å². The number of likely N-dealkylation sites (tertiary alicyclic amines) is 1. The molecule has 2 aromatic carbocycles. The third-order valence-corrected chi connectivity index (χ3v) is 6.00. The lowest BCUT2D eigenvalue weighted by Gasteiger charge is -2.32. The molecule has 0 aliphatic carbocycles. The van der Waals surface area contributed by atoms with Crippen LogP contribution in [0.5, 0.6) is 0 Å². The second-order valence-corrected chi connectivity index (χ2v) is 7.91. The van der Waals surface area contributed by atoms with E-state index in [1.807, 2.05) is 0 Å². The molecule has 1 fully saturated rings. The molecule has 1 saturated heterocycles. The molecule has 0 spiro atoms. The Morgan fingerprint density at radius 1 is 0.903 bits per heavy atom. The van der Waals surface area contributed by atoms with Gasteiger partial charge in [0.15, 0.2) is 0 Å². The molecule has 0 radical (unpaired) electrons. The summed E-state index contributed by atoms with van der Waals surface area (Å²) >= 11 is 0. The van der Waals surface area contributed by atoms with Crippen LogP contribution in [0.1, 0.15) is 55.9 Å². The smallest absolute Gasteiger partial charge is 0.339 e. The van der Waals surface area contributed by atoms with Gasteiger partial charge in [-0.1, -0.05) is 12.1 Å². The number of hydrogen-bond donors (Lipinski definition) is 0. The Labute approximate surface area is 177 Å². The number of alkyl halides is 3. The summed E-state index contributed by atoms with van der Waals surface area (Å²) in [5.74, 6) is -0.556. The van der Waals surface area contributed by atoms with Crippen molar-refractivity contribution in [1.82, 2.24) is 9.80 Å². The molecule has 0 atom stereocenters. The van der Waals surface area contributed by atoms with Gasteiger partial charge >= 0.3 is 6.18 Å². The molecule has 5 nitrogen and oxygen atoms in total. The van der Waals surface area contributed by atoms with Gasteiger partial charge in [0.25, 0.3) is 17.7 Å². The summed E-state index contributed by atoms with van der Waals surface area (Å²) in [6.45, 7) is 1.32. The minimum absolute atomic E-state index is 0.234. The standard InChI is InChI=1S/C23H21F3N2O3/c24-23(25,26)17-7-5-16(6-8-17)20(29)27-12-9-15(10-13-27)11-14-28-21(30)18-3-1-2-4-19(18)22(28)31/h1-8,15H,9-14H2. The van der Waals surface area contributed by atoms with Crippen LogP contribution in [0.25, 0.3) is 0 Å². The minimum Gasteiger partial charge on any atom is -0.339 e. The monoisotopic (exact) mass is 430 g/mol. The van der Waals surface area contributed by atoms with Crippen molar-refractivity contribution in [2.45, 2.75) is 25.4 Å². The van der Waals surface area contributed by atoms with E-state index in [0.717, 1.165) is 25.0 Å². The van der Waals surface area contributed by atoms with Crippen molar-refractivity contribution in [3.05, 3.63) is 70.8 Å². The van der Waals surface area contributed by atoms with Gasteiger partial charge in [-0.2, -0.15) is 13.2 Å². The molecule has 0 unspecified atom stereocenters. The molecular weight excluding hydrogens is 409 g/mol. The Kier molecular flexibility index (Phi) is 5.56. The van der Waals surface area contributed by atoms with Gasteiger partial charge in [-0.25, -0.2) is 0 Å². The average Bonchev–Trinajstić information content (AvgIpc) is 3.02. The number of imide groups is 1. The van der Waals surface area contributed by atoms with E-state index >= 15 is 0 Å². The van der Waals surface area contributed by atoms with E-state index in [-0.39, 0.29) is 29.2 Å². The highest BCUT2D eigenvalue weighted by molar-refractivity contribution is 6.21. The second-order valence-electron chi connectivity index (χ2n) is 7.91. The van der Waals surface area contributed by atoms with E-state index in [0.29, 0.717) is 37.2 Å². The number of hydrogen-bond acceptors (Lipinski definition) is 3. The molecule has 162 valence electrons. The Morgan fingerprint density at radius 3 is 1.97 bits per heavy atom. The molecule has 8 heteroatoms. The molecule has 2 aliphatic heterocycles. The van der Waals surface area contributed by atoms with Crippen LogP contribution >= 0.6 is 0 Å². The maximum Gasteiger partial charge on any atom is 0.416 e. The first kappa shape index (κ1) is 21.1. The van der Waals surface area contributed by atoms with Crippen molar-refractivity contribution >= 4 is 17.7 Å². The average molecular weight is 430 g/mol. The van der Waals surface area contributed by atoms with Crippen molar-refractivity contribution in [2.75, 3.05) is 19.6 Å². The fourth-order valence-electron chi connectivity index (χ4n) is 4.16. The maximum atomic E-state index is 12.7. The number of benzene rings is 2. The van der Waals surface area contributed by atoms with Crippen LogP contribution in [-0.4, -0.2) is 47.2 Å². The molecule has 4 rings (SSSR count). The fraction of sp³-hybridized carbons (Fsp3) is 0.348. The zero-order valence-corrected chi connectivity index (χ0v) is 16.7. The molecule has 0 aromatic heterocycles. The van der Waals surface area contributed by atoms with E-state index in [1.165, 1.54) is 17.0 Å². The Balaban J connectivity index is 1.29. The topological polar surface area (TPSA) is 57.7 Å². The van der Waals surface area contributed by atoms with Crippen LogP contribution in [0.4, 0.5) is 13.2 Å². The first-order valence-electron chi connectivity index (χ1n) is 10.2. The first-order chi connectivity index (χ1) is 14.8. The van der Waals surface area contributed by atoms with Crippen molar-refractivity contribution in [1.29, 1.82) is 0 Å². The third-order valence-electron chi connectivity index (χ3n) is 6.00. The van der Waals surface area contributed by atoms with E-state index in [9.17, 15) is 27.6 Å².